The number of carbonyl (C=O) groups is 5. The summed E-state index contributed by atoms with van der Waals surface area (Å²) in [6.07, 6.45) is 1.71. The third-order valence-electron chi connectivity index (χ3n) is 5.34. The molecule has 2 heterocycles. The number of fused-ring (bicyclic) bond motifs is 1. The number of ketones is 2. The molecule has 1 aromatic carbocycles. The molecule has 7 N–H and O–H groups in total. The molecule has 1 unspecified atom stereocenters. The van der Waals surface area contributed by atoms with E-state index in [-0.39, 0.29) is 42.6 Å². The van der Waals surface area contributed by atoms with Gasteiger partial charge in [-0.3, -0.25) is 9.59 Å². The Bertz CT molecular complexity index is 1400. The molecular weight excluding hydrogens is 745 g/mol. The molecule has 17 heteroatoms. The van der Waals surface area contributed by atoms with Crippen LogP contribution in [0.1, 0.15) is 42.2 Å². The minimum absolute atomic E-state index is 0.0299. The molecule has 41 heavy (non-hydrogen) atoms. The van der Waals surface area contributed by atoms with Gasteiger partial charge in [0.05, 0.1) is 24.4 Å². The van der Waals surface area contributed by atoms with Crippen LogP contribution in [0.4, 0.5) is 17.5 Å². The average molecular weight is 772 g/mol. The molecule has 3 rings (SSSR count). The Kier molecular flexibility index (Phi) is 14.2. The van der Waals surface area contributed by atoms with Gasteiger partial charge in [0.1, 0.15) is 5.78 Å². The van der Waals surface area contributed by atoms with Gasteiger partial charge in [-0.15, -0.1) is 0 Å². The molecule has 0 aliphatic carbocycles. The summed E-state index contributed by atoms with van der Waals surface area (Å²) in [7, 11) is 6.47. The van der Waals surface area contributed by atoms with E-state index in [0.29, 0.717) is 29.0 Å². The van der Waals surface area contributed by atoms with Crippen LogP contribution in [0, 0.1) is 5.92 Å². The molecule has 0 aliphatic rings. The van der Waals surface area contributed by atoms with Crippen LogP contribution in [0.5, 0.6) is 0 Å². The van der Waals surface area contributed by atoms with Crippen molar-refractivity contribution in [2.75, 3.05) is 23.4 Å². The normalized spacial score (nSPS) is 10.8. The number of benzene rings is 1. The zero-order valence-corrected chi connectivity index (χ0v) is 24.8. The van der Waals surface area contributed by atoms with E-state index in [1.165, 1.54) is 6.92 Å². The maximum absolute atomic E-state index is 12.5. The molecule has 0 amide bonds. The first-order valence-electron chi connectivity index (χ1n) is 11.5. The van der Waals surface area contributed by atoms with E-state index in [4.69, 9.17) is 31.3 Å². The quantitative estimate of drug-likeness (QED) is 0.145. The van der Waals surface area contributed by atoms with Gasteiger partial charge in [-0.25, -0.2) is 19.6 Å². The fraction of sp³-hybridized carbons (Fsp3) is 0.292. The molecule has 0 aliphatic heterocycles. The van der Waals surface area contributed by atoms with Crippen molar-refractivity contribution in [3.05, 3.63) is 41.7 Å². The standard InChI is InChI=1S/C22H25N7O4.C2H2O4.ClH.Pt/c1-12(30)3-4-14(21(32)33)9-17(31)13-5-7-16(8-6-13)29(2)11-15-10-25-20-18(26-15)19(23)27-22(24)28-20;3-1(4)2(5)6;;/h5-8,10,14H,3-4,9,11H2,1-2H3,(H,32,33)(H4,23,24,25,27,28);(H,3,4)(H,5,6);1H;/q;;;+2/p-1. The van der Waals surface area contributed by atoms with Crippen LogP contribution in [-0.2, 0) is 44.5 Å². The molecule has 0 bridgehead atoms. The Balaban J connectivity index is 0.000000931. The van der Waals surface area contributed by atoms with Gasteiger partial charge in [0.15, 0.2) is 22.8 Å². The number of halogens is 1. The number of aromatic nitrogens is 4. The van der Waals surface area contributed by atoms with Gasteiger partial charge in [-0.2, -0.15) is 9.97 Å². The van der Waals surface area contributed by atoms with Crippen LogP contribution < -0.4 is 16.4 Å². The summed E-state index contributed by atoms with van der Waals surface area (Å²) in [5.41, 5.74) is 14.0. The molecule has 0 saturated heterocycles. The van der Waals surface area contributed by atoms with E-state index in [1.807, 2.05) is 11.9 Å². The number of anilines is 3. The monoisotopic (exact) mass is 771 g/mol. The van der Waals surface area contributed by atoms with E-state index in [0.717, 1.165) is 5.69 Å². The summed E-state index contributed by atoms with van der Waals surface area (Å²) in [6, 6.07) is 6.84. The summed E-state index contributed by atoms with van der Waals surface area (Å²) >= 11 is 1.61. The summed E-state index contributed by atoms with van der Waals surface area (Å²) < 4.78 is 0. The number of Topliss-reactive ketones (excluding diaryl/α,β-unsaturated/α-hetero) is 2. The zero-order chi connectivity index (χ0) is 31.3. The summed E-state index contributed by atoms with van der Waals surface area (Å²) in [5.74, 6) is -5.81. The third-order valence-corrected chi connectivity index (χ3v) is 5.34. The number of carbonyl (C=O) groups excluding carboxylic acids is 2. The fourth-order valence-corrected chi connectivity index (χ4v) is 3.33. The van der Waals surface area contributed by atoms with Crippen molar-refractivity contribution in [1.82, 2.24) is 19.9 Å². The molecule has 0 radical (unpaired) electrons. The van der Waals surface area contributed by atoms with E-state index >= 15 is 0 Å². The number of nitrogens with zero attached hydrogens (tertiary/aromatic N) is 5. The van der Waals surface area contributed by atoms with Crippen molar-refractivity contribution < 1.29 is 58.1 Å². The molecule has 2 aromatic heterocycles. The van der Waals surface area contributed by atoms with Crippen LogP contribution in [0.3, 0.4) is 0 Å². The first-order chi connectivity index (χ1) is 19.3. The van der Waals surface area contributed by atoms with Crippen LogP contribution in [0.2, 0.25) is 0 Å². The Morgan fingerprint density at radius 2 is 1.56 bits per heavy atom. The molecule has 0 fully saturated rings. The van der Waals surface area contributed by atoms with E-state index in [2.05, 4.69) is 29.4 Å². The third kappa shape index (κ3) is 11.4. The fourth-order valence-electron chi connectivity index (χ4n) is 3.33. The summed E-state index contributed by atoms with van der Waals surface area (Å²) in [5, 5.41) is 24.1. The second kappa shape index (κ2) is 16.8. The van der Waals surface area contributed by atoms with Crippen molar-refractivity contribution >= 4 is 67.5 Å². The van der Waals surface area contributed by atoms with Crippen LogP contribution in [-0.4, -0.2) is 71.8 Å². The van der Waals surface area contributed by atoms with Gasteiger partial charge in [0.25, 0.3) is 0 Å². The first-order valence-corrected chi connectivity index (χ1v) is 14.3. The Hall–Kier alpha value is -4.23. The molecule has 15 nitrogen and oxygen atoms in total. The predicted molar refractivity (Wildman–Crippen MR) is 144 cm³/mol. The van der Waals surface area contributed by atoms with Crippen molar-refractivity contribution in [1.29, 1.82) is 0 Å². The van der Waals surface area contributed by atoms with Crippen LogP contribution in [0.15, 0.2) is 30.5 Å². The molecule has 0 spiro atoms. The van der Waals surface area contributed by atoms with Gasteiger partial charge in [-0.05, 0) is 37.6 Å². The number of aliphatic carboxylic acids is 3. The Morgan fingerprint density at radius 3 is 2.07 bits per heavy atom. The molecule has 3 aromatic rings. The van der Waals surface area contributed by atoms with Gasteiger partial charge >= 0.3 is 46.1 Å². The Morgan fingerprint density at radius 1 is 0.976 bits per heavy atom. The number of nitrogens with two attached hydrogens (primary N) is 2. The predicted octanol–water partition coefficient (Wildman–Crippen LogP) is 1.71. The topological polar surface area (TPSA) is 253 Å². The van der Waals surface area contributed by atoms with Crippen LogP contribution in [0.25, 0.3) is 11.2 Å². The second-order valence-corrected chi connectivity index (χ2v) is 8.42. The van der Waals surface area contributed by atoms with E-state index in [9.17, 15) is 19.5 Å². The average Bonchev–Trinajstić information content (AvgIpc) is 2.92. The Labute approximate surface area is 248 Å². The number of hydrogen-bond donors (Lipinski definition) is 5. The zero-order valence-electron chi connectivity index (χ0n) is 21.8. The van der Waals surface area contributed by atoms with Crippen molar-refractivity contribution in [2.45, 2.75) is 32.7 Å². The van der Waals surface area contributed by atoms with Gasteiger partial charge < -0.3 is 36.5 Å². The van der Waals surface area contributed by atoms with E-state index in [1.54, 1.807) is 49.2 Å². The number of rotatable bonds is 10. The molecule has 1 atom stereocenters. The van der Waals surface area contributed by atoms with Gasteiger partial charge in [0, 0.05) is 31.1 Å². The number of hydrogen-bond acceptors (Lipinski definition) is 12. The van der Waals surface area contributed by atoms with Crippen molar-refractivity contribution in [3.63, 3.8) is 0 Å². The number of carboxylic acids is 3. The number of carboxylic acid groups (broad SMARTS) is 3. The van der Waals surface area contributed by atoms with Gasteiger partial charge in [0.2, 0.25) is 5.95 Å². The van der Waals surface area contributed by atoms with Crippen LogP contribution >= 0.6 is 9.42 Å². The van der Waals surface area contributed by atoms with E-state index < -0.39 is 23.8 Å². The summed E-state index contributed by atoms with van der Waals surface area (Å²) in [6.45, 7) is 1.81. The molecule has 0 saturated carbocycles. The van der Waals surface area contributed by atoms with Crippen molar-refractivity contribution in [2.24, 2.45) is 5.92 Å². The molecular formula is C24H27ClN7O8Pt+. The molecule has 222 valence electrons. The summed E-state index contributed by atoms with van der Waals surface area (Å²) in [4.78, 5) is 71.8. The first kappa shape index (κ1) is 34.8. The minimum atomic E-state index is -1.82. The van der Waals surface area contributed by atoms with Gasteiger partial charge in [-0.1, -0.05) is 0 Å². The second-order valence-electron chi connectivity index (χ2n) is 8.42. The SMILES string of the molecule is CC(=O)CCC(CC(=O)c1ccc(N(C)Cc2cnc3nc(N)nc(N)c3n2)cc1)C(=O)O.O=C(O)C(=O)O.[Cl][Pt+]. The number of nitrogen functional groups attached to an aromatic ring is 2. The maximum atomic E-state index is 12.5. The van der Waals surface area contributed by atoms with Crippen molar-refractivity contribution in [3.8, 4) is 0 Å².